The number of rotatable bonds is 12. The van der Waals surface area contributed by atoms with Crippen LogP contribution in [-0.4, -0.2) is 53.1 Å². The third-order valence-corrected chi connectivity index (χ3v) is 4.40. The lowest BCUT2D eigenvalue weighted by Crippen LogP contribution is -2.38. The van der Waals surface area contributed by atoms with Crippen molar-refractivity contribution in [1.29, 1.82) is 0 Å². The number of hydrogen-bond donors (Lipinski definition) is 0. The molecule has 1 amide bonds. The fourth-order valence-electron chi connectivity index (χ4n) is 2.88. The lowest BCUT2D eigenvalue weighted by atomic mass is 10.1. The second kappa shape index (κ2) is 11.8. The van der Waals surface area contributed by atoms with Crippen molar-refractivity contribution in [2.75, 3.05) is 26.8 Å². The molecule has 152 valence electrons. The summed E-state index contributed by atoms with van der Waals surface area (Å²) in [4.78, 5) is 30.2. The minimum Gasteiger partial charge on any atom is -0.494 e. The number of ether oxygens (including phenoxy) is 2. The standard InChI is InChI=1S/C21H29N3O4/c1-18(21(26)27-2)16-24(13-7-12-23-14-11-22-17-23)20(25)10-6-15-28-19-8-4-3-5-9-19/h3-5,8-9,11,14,17-18H,6-7,10,12-13,15-16H2,1-2H3. The van der Waals surface area contributed by atoms with Crippen LogP contribution in [0.4, 0.5) is 0 Å². The topological polar surface area (TPSA) is 73.7 Å². The van der Waals surface area contributed by atoms with E-state index in [-0.39, 0.29) is 17.8 Å². The molecule has 1 unspecified atom stereocenters. The fourth-order valence-corrected chi connectivity index (χ4v) is 2.88. The van der Waals surface area contributed by atoms with E-state index < -0.39 is 0 Å². The van der Waals surface area contributed by atoms with E-state index in [1.165, 1.54) is 7.11 Å². The molecule has 0 fully saturated rings. The highest BCUT2D eigenvalue weighted by atomic mass is 16.5. The van der Waals surface area contributed by atoms with Gasteiger partial charge >= 0.3 is 5.97 Å². The van der Waals surface area contributed by atoms with Gasteiger partial charge in [0.1, 0.15) is 5.75 Å². The molecule has 7 nitrogen and oxygen atoms in total. The van der Waals surface area contributed by atoms with Gasteiger partial charge < -0.3 is 18.9 Å². The van der Waals surface area contributed by atoms with Crippen LogP contribution in [0.5, 0.6) is 5.75 Å². The van der Waals surface area contributed by atoms with Crippen LogP contribution in [0.1, 0.15) is 26.2 Å². The first kappa shape index (κ1) is 21.5. The highest BCUT2D eigenvalue weighted by Crippen LogP contribution is 2.11. The number of carbonyl (C=O) groups is 2. The molecule has 0 bridgehead atoms. The highest BCUT2D eigenvalue weighted by molar-refractivity contribution is 5.78. The molecule has 0 radical (unpaired) electrons. The SMILES string of the molecule is COC(=O)C(C)CN(CCCn1ccnc1)C(=O)CCCOc1ccccc1. The number of hydrogen-bond acceptors (Lipinski definition) is 5. The monoisotopic (exact) mass is 387 g/mol. The molecule has 0 N–H and O–H groups in total. The predicted octanol–water partition coefficient (Wildman–Crippen LogP) is 2.77. The first-order valence-electron chi connectivity index (χ1n) is 9.59. The molecule has 1 atom stereocenters. The molecular weight excluding hydrogens is 358 g/mol. The molecular formula is C21H29N3O4. The van der Waals surface area contributed by atoms with E-state index in [1.807, 2.05) is 41.1 Å². The summed E-state index contributed by atoms with van der Waals surface area (Å²) in [5.41, 5.74) is 0. The summed E-state index contributed by atoms with van der Waals surface area (Å²) in [6.45, 7) is 3.96. The largest absolute Gasteiger partial charge is 0.494 e. The maximum absolute atomic E-state index is 12.7. The summed E-state index contributed by atoms with van der Waals surface area (Å²) in [5.74, 6) is 0.159. The van der Waals surface area contributed by atoms with Gasteiger partial charge in [-0.3, -0.25) is 9.59 Å². The van der Waals surface area contributed by atoms with E-state index in [9.17, 15) is 9.59 Å². The van der Waals surface area contributed by atoms with Gasteiger partial charge in [0.05, 0.1) is 26.0 Å². The van der Waals surface area contributed by atoms with Gasteiger partial charge in [-0.2, -0.15) is 0 Å². The van der Waals surface area contributed by atoms with Gasteiger partial charge in [-0.05, 0) is 25.0 Å². The second-order valence-corrected chi connectivity index (χ2v) is 6.68. The van der Waals surface area contributed by atoms with E-state index in [0.29, 0.717) is 32.5 Å². The Labute approximate surface area is 166 Å². The summed E-state index contributed by atoms with van der Waals surface area (Å²) in [6.07, 6.45) is 7.17. The lowest BCUT2D eigenvalue weighted by Gasteiger charge is -2.25. The Morgan fingerprint density at radius 3 is 2.68 bits per heavy atom. The van der Waals surface area contributed by atoms with Crippen LogP contribution in [0.25, 0.3) is 0 Å². The third kappa shape index (κ3) is 7.42. The average molecular weight is 387 g/mol. The number of carbonyl (C=O) groups excluding carboxylic acids is 2. The summed E-state index contributed by atoms with van der Waals surface area (Å²) < 4.78 is 12.4. The Balaban J connectivity index is 1.81. The zero-order valence-corrected chi connectivity index (χ0v) is 16.6. The van der Waals surface area contributed by atoms with Gasteiger partial charge in [-0.15, -0.1) is 0 Å². The van der Waals surface area contributed by atoms with Gasteiger partial charge in [-0.1, -0.05) is 25.1 Å². The predicted molar refractivity (Wildman–Crippen MR) is 106 cm³/mol. The van der Waals surface area contributed by atoms with Crippen LogP contribution in [0.3, 0.4) is 0 Å². The Morgan fingerprint density at radius 1 is 1.21 bits per heavy atom. The van der Waals surface area contributed by atoms with E-state index in [2.05, 4.69) is 4.98 Å². The maximum Gasteiger partial charge on any atom is 0.310 e. The molecule has 2 aromatic rings. The van der Waals surface area contributed by atoms with Gasteiger partial charge in [-0.25, -0.2) is 4.98 Å². The van der Waals surface area contributed by atoms with E-state index in [0.717, 1.165) is 18.7 Å². The molecule has 7 heteroatoms. The minimum atomic E-state index is -0.359. The Bertz CT molecular complexity index is 704. The zero-order chi connectivity index (χ0) is 20.2. The highest BCUT2D eigenvalue weighted by Gasteiger charge is 2.21. The molecule has 0 aliphatic rings. The van der Waals surface area contributed by atoms with Gasteiger partial charge in [0.25, 0.3) is 0 Å². The molecule has 0 aliphatic carbocycles. The first-order chi connectivity index (χ1) is 13.6. The average Bonchev–Trinajstić information content (AvgIpc) is 3.23. The lowest BCUT2D eigenvalue weighted by molar-refractivity contribution is -0.146. The Hall–Kier alpha value is -2.83. The van der Waals surface area contributed by atoms with Crippen molar-refractivity contribution in [1.82, 2.24) is 14.5 Å². The Kier molecular flexibility index (Phi) is 9.04. The number of aromatic nitrogens is 2. The normalized spacial score (nSPS) is 11.6. The molecule has 0 aliphatic heterocycles. The van der Waals surface area contributed by atoms with E-state index in [1.54, 1.807) is 24.3 Å². The number of amides is 1. The molecule has 1 heterocycles. The smallest absolute Gasteiger partial charge is 0.310 e. The van der Waals surface area contributed by atoms with Crippen molar-refractivity contribution < 1.29 is 19.1 Å². The van der Waals surface area contributed by atoms with Crippen LogP contribution < -0.4 is 4.74 Å². The number of imidazole rings is 1. The number of esters is 1. The minimum absolute atomic E-state index is 0.0260. The zero-order valence-electron chi connectivity index (χ0n) is 16.6. The summed E-state index contributed by atoms with van der Waals surface area (Å²) in [5, 5.41) is 0. The van der Waals surface area contributed by atoms with Crippen LogP contribution in [0.2, 0.25) is 0 Å². The van der Waals surface area contributed by atoms with Crippen molar-refractivity contribution in [3.63, 3.8) is 0 Å². The molecule has 1 aromatic carbocycles. The number of methoxy groups -OCH3 is 1. The van der Waals surface area contributed by atoms with Crippen molar-refractivity contribution >= 4 is 11.9 Å². The van der Waals surface area contributed by atoms with Crippen molar-refractivity contribution in [3.05, 3.63) is 49.1 Å². The number of nitrogens with zero attached hydrogens (tertiary/aromatic N) is 3. The van der Waals surface area contributed by atoms with Crippen LogP contribution >= 0.6 is 0 Å². The van der Waals surface area contributed by atoms with Crippen molar-refractivity contribution in [3.8, 4) is 5.75 Å². The molecule has 0 spiro atoms. The van der Waals surface area contributed by atoms with E-state index >= 15 is 0 Å². The molecule has 1 aromatic heterocycles. The third-order valence-electron chi connectivity index (χ3n) is 4.40. The molecule has 0 saturated heterocycles. The number of benzene rings is 1. The van der Waals surface area contributed by atoms with Gasteiger partial charge in [0, 0.05) is 38.4 Å². The van der Waals surface area contributed by atoms with E-state index in [4.69, 9.17) is 9.47 Å². The number of para-hydroxylation sites is 1. The van der Waals surface area contributed by atoms with Crippen LogP contribution in [-0.2, 0) is 20.9 Å². The summed E-state index contributed by atoms with van der Waals surface area (Å²) in [7, 11) is 1.37. The van der Waals surface area contributed by atoms with Crippen LogP contribution in [0.15, 0.2) is 49.1 Å². The maximum atomic E-state index is 12.7. The number of aryl methyl sites for hydroxylation is 1. The molecule has 0 saturated carbocycles. The van der Waals surface area contributed by atoms with Gasteiger partial charge in [0.2, 0.25) is 5.91 Å². The van der Waals surface area contributed by atoms with Crippen molar-refractivity contribution in [2.24, 2.45) is 5.92 Å². The second-order valence-electron chi connectivity index (χ2n) is 6.68. The van der Waals surface area contributed by atoms with Crippen molar-refractivity contribution in [2.45, 2.75) is 32.7 Å². The quantitative estimate of drug-likeness (QED) is 0.414. The summed E-state index contributed by atoms with van der Waals surface area (Å²) in [6, 6.07) is 9.54. The van der Waals surface area contributed by atoms with Gasteiger partial charge in [0.15, 0.2) is 0 Å². The fraction of sp³-hybridized carbons (Fsp3) is 0.476. The summed E-state index contributed by atoms with van der Waals surface area (Å²) >= 11 is 0. The molecule has 28 heavy (non-hydrogen) atoms. The van der Waals surface area contributed by atoms with Crippen LogP contribution in [0, 0.1) is 5.92 Å². The Morgan fingerprint density at radius 2 is 2.00 bits per heavy atom. The first-order valence-corrected chi connectivity index (χ1v) is 9.59. The molecule has 2 rings (SSSR count).